The number of nitrogens with zero attached hydrogens (tertiary/aromatic N) is 3. The van der Waals surface area contributed by atoms with E-state index in [1.54, 1.807) is 12.1 Å². The Balaban J connectivity index is 2.68. The highest BCUT2D eigenvalue weighted by Gasteiger charge is 2.44. The Bertz CT molecular complexity index is 447. The van der Waals surface area contributed by atoms with Gasteiger partial charge in [0.2, 0.25) is 0 Å². The summed E-state index contributed by atoms with van der Waals surface area (Å²) in [6.07, 6.45) is 0. The van der Waals surface area contributed by atoms with Gasteiger partial charge in [0, 0.05) is 0 Å². The normalized spacial score (nSPS) is 14.2. The number of anilines is 1. The highest BCUT2D eigenvalue weighted by molar-refractivity contribution is 6.52. The van der Waals surface area contributed by atoms with Gasteiger partial charge in [-0.1, -0.05) is 12.1 Å². The summed E-state index contributed by atoms with van der Waals surface area (Å²) in [5, 5.41) is 11.9. The predicted octanol–water partition coefficient (Wildman–Crippen LogP) is 0.984. The number of amides is 1. The summed E-state index contributed by atoms with van der Waals surface area (Å²) < 4.78 is 0. The van der Waals surface area contributed by atoms with Crippen LogP contribution in [0.1, 0.15) is 10.4 Å². The predicted molar refractivity (Wildman–Crippen MR) is 43.3 cm³/mol. The van der Waals surface area contributed by atoms with Crippen molar-refractivity contribution in [1.82, 2.24) is 0 Å². The SMILES string of the molecule is N#[N+]N1C(=O)C(=O)c2ccccc21. The maximum absolute atomic E-state index is 11.2. The van der Waals surface area contributed by atoms with E-state index in [9.17, 15) is 9.59 Å². The molecule has 13 heavy (non-hydrogen) atoms. The van der Waals surface area contributed by atoms with Crippen molar-refractivity contribution < 1.29 is 9.59 Å². The van der Waals surface area contributed by atoms with E-state index in [0.717, 1.165) is 0 Å². The first kappa shape index (κ1) is 7.43. The van der Waals surface area contributed by atoms with E-state index in [0.29, 0.717) is 10.7 Å². The zero-order valence-electron chi connectivity index (χ0n) is 6.47. The van der Waals surface area contributed by atoms with Crippen molar-refractivity contribution in [3.8, 4) is 0 Å². The van der Waals surface area contributed by atoms with Crippen molar-refractivity contribution in [2.75, 3.05) is 5.01 Å². The van der Waals surface area contributed by atoms with E-state index >= 15 is 0 Å². The molecule has 1 amide bonds. The number of hydrogen-bond donors (Lipinski definition) is 0. The molecule has 0 unspecified atom stereocenters. The number of para-hydroxylation sites is 1. The van der Waals surface area contributed by atoms with E-state index in [-0.39, 0.29) is 5.56 Å². The number of fused-ring (bicyclic) bond motifs is 1. The lowest BCUT2D eigenvalue weighted by Crippen LogP contribution is -2.22. The van der Waals surface area contributed by atoms with Gasteiger partial charge in [-0.25, -0.2) is 0 Å². The van der Waals surface area contributed by atoms with Gasteiger partial charge in [-0.05, 0) is 12.1 Å². The van der Waals surface area contributed by atoms with Gasteiger partial charge in [0.15, 0.2) is 0 Å². The van der Waals surface area contributed by atoms with Crippen molar-refractivity contribution in [1.29, 1.82) is 5.39 Å². The minimum Gasteiger partial charge on any atom is -0.283 e. The summed E-state index contributed by atoms with van der Waals surface area (Å²) in [6, 6.07) is 6.35. The van der Waals surface area contributed by atoms with E-state index < -0.39 is 11.7 Å². The molecule has 1 heterocycles. The van der Waals surface area contributed by atoms with Crippen molar-refractivity contribution >= 4 is 17.4 Å². The summed E-state index contributed by atoms with van der Waals surface area (Å²) in [7, 11) is 0. The average Bonchev–Trinajstić information content (AvgIpc) is 2.41. The highest BCUT2D eigenvalue weighted by Crippen LogP contribution is 2.28. The molecule has 5 nitrogen and oxygen atoms in total. The van der Waals surface area contributed by atoms with Gasteiger partial charge in [0.25, 0.3) is 11.2 Å². The summed E-state index contributed by atoms with van der Waals surface area (Å²) in [5.74, 6) is -1.47. The van der Waals surface area contributed by atoms with Crippen LogP contribution >= 0.6 is 0 Å². The van der Waals surface area contributed by atoms with Crippen LogP contribution in [0, 0.1) is 5.39 Å². The Hall–Kier alpha value is -2.22. The first-order valence-corrected chi connectivity index (χ1v) is 3.58. The van der Waals surface area contributed by atoms with Crippen LogP contribution in [0.4, 0.5) is 5.69 Å². The summed E-state index contributed by atoms with van der Waals surface area (Å²) in [6.45, 7) is 0. The Morgan fingerprint density at radius 3 is 2.62 bits per heavy atom. The number of diazo groups is 1. The van der Waals surface area contributed by atoms with E-state index in [1.807, 2.05) is 0 Å². The molecular weight excluding hydrogens is 170 g/mol. The van der Waals surface area contributed by atoms with E-state index in [1.165, 1.54) is 12.1 Å². The van der Waals surface area contributed by atoms with Crippen LogP contribution in [0.15, 0.2) is 24.3 Å². The molecule has 0 saturated carbocycles. The fourth-order valence-corrected chi connectivity index (χ4v) is 1.26. The van der Waals surface area contributed by atoms with E-state index in [4.69, 9.17) is 5.39 Å². The zero-order valence-corrected chi connectivity index (χ0v) is 6.47. The lowest BCUT2D eigenvalue weighted by atomic mass is 10.1. The molecule has 0 spiro atoms. The summed E-state index contributed by atoms with van der Waals surface area (Å²) in [4.78, 5) is 22.3. The Labute approximate surface area is 73.2 Å². The molecule has 0 aromatic heterocycles. The second-order valence-electron chi connectivity index (χ2n) is 2.55. The van der Waals surface area contributed by atoms with Crippen LogP contribution in [-0.4, -0.2) is 11.7 Å². The largest absolute Gasteiger partial charge is 0.375 e. The molecule has 62 valence electrons. The molecule has 2 rings (SSSR count). The first-order chi connectivity index (χ1) is 6.25. The Kier molecular flexibility index (Phi) is 1.36. The third-order valence-electron chi connectivity index (χ3n) is 1.85. The first-order valence-electron chi connectivity index (χ1n) is 3.58. The molecule has 0 saturated heterocycles. The monoisotopic (exact) mass is 174 g/mol. The van der Waals surface area contributed by atoms with Gasteiger partial charge in [0.05, 0.1) is 10.6 Å². The van der Waals surface area contributed by atoms with Gasteiger partial charge < -0.3 is 0 Å². The molecule has 1 aromatic carbocycles. The molecule has 0 fully saturated rings. The van der Waals surface area contributed by atoms with Gasteiger partial charge in [-0.15, -0.1) is 0 Å². The highest BCUT2D eigenvalue weighted by atomic mass is 16.2. The zero-order chi connectivity index (χ0) is 9.42. The smallest absolute Gasteiger partial charge is 0.283 e. The number of carbonyl (C=O) groups is 2. The van der Waals surface area contributed by atoms with Crippen LogP contribution < -0.4 is 5.01 Å². The third kappa shape index (κ3) is 0.825. The summed E-state index contributed by atoms with van der Waals surface area (Å²) in [5.41, 5.74) is 0.588. The quantitative estimate of drug-likeness (QED) is 0.435. The second kappa shape index (κ2) is 2.38. The van der Waals surface area contributed by atoms with Crippen molar-refractivity contribution in [3.05, 3.63) is 34.9 Å². The molecule has 5 heteroatoms. The van der Waals surface area contributed by atoms with Gasteiger partial charge in [-0.2, -0.15) is 0 Å². The molecule has 0 radical (unpaired) electrons. The Morgan fingerprint density at radius 1 is 1.23 bits per heavy atom. The number of benzene rings is 1. The second-order valence-corrected chi connectivity index (χ2v) is 2.55. The van der Waals surface area contributed by atoms with Crippen molar-refractivity contribution in [2.45, 2.75) is 0 Å². The number of rotatable bonds is 0. The van der Waals surface area contributed by atoms with Gasteiger partial charge >= 0.3 is 11.0 Å². The molecule has 1 aromatic rings. The van der Waals surface area contributed by atoms with Crippen LogP contribution in [0.2, 0.25) is 0 Å². The van der Waals surface area contributed by atoms with Crippen LogP contribution in [-0.2, 0) is 4.79 Å². The van der Waals surface area contributed by atoms with Crippen LogP contribution in [0.3, 0.4) is 0 Å². The van der Waals surface area contributed by atoms with Gasteiger partial charge in [-0.3, -0.25) is 9.59 Å². The number of carbonyl (C=O) groups excluding carboxylic acids is 2. The molecule has 0 atom stereocenters. The third-order valence-corrected chi connectivity index (χ3v) is 1.85. The molecule has 0 bridgehead atoms. The minimum absolute atomic E-state index is 0.269. The van der Waals surface area contributed by atoms with Crippen LogP contribution in [0.5, 0.6) is 0 Å². The van der Waals surface area contributed by atoms with Crippen LogP contribution in [0.25, 0.3) is 5.08 Å². The molecule has 0 aliphatic carbocycles. The Morgan fingerprint density at radius 2 is 1.92 bits per heavy atom. The number of Topliss-reactive ketones (excluding diaryl/α,β-unsaturated/α-hetero) is 1. The maximum atomic E-state index is 11.2. The van der Waals surface area contributed by atoms with Crippen molar-refractivity contribution in [3.63, 3.8) is 0 Å². The minimum atomic E-state index is -0.830. The molecule has 1 aliphatic rings. The molecular formula is C8H4N3O2+. The van der Waals surface area contributed by atoms with Crippen molar-refractivity contribution in [2.24, 2.45) is 0 Å². The van der Waals surface area contributed by atoms with Gasteiger partial charge in [0.1, 0.15) is 5.69 Å². The average molecular weight is 174 g/mol. The molecule has 0 N–H and O–H groups in total. The van der Waals surface area contributed by atoms with E-state index in [2.05, 4.69) is 5.08 Å². The standard InChI is InChI=1S/C8H4N3O2/c9-10-11-6-4-2-1-3-5(6)7(12)8(11)13/h1-4H/q+1. The fraction of sp³-hybridized carbons (Fsp3) is 0. The molecule has 1 aliphatic heterocycles. The lowest BCUT2D eigenvalue weighted by Gasteiger charge is -1.90. The number of hydrogen-bond acceptors (Lipinski definition) is 3. The maximum Gasteiger partial charge on any atom is 0.375 e. The lowest BCUT2D eigenvalue weighted by molar-refractivity contribution is -0.113. The fourth-order valence-electron chi connectivity index (χ4n) is 1.26. The topological polar surface area (TPSA) is 65.5 Å². The summed E-state index contributed by atoms with van der Waals surface area (Å²) >= 11 is 0. The number of ketones is 1.